The number of carbonyl (C=O) groups is 1. The number of hydrogen-bond acceptors (Lipinski definition) is 3. The van der Waals surface area contributed by atoms with Crippen LogP contribution in [0.4, 0.5) is 0 Å². The molecule has 1 fully saturated rings. The minimum atomic E-state index is 0.143. The molecule has 1 unspecified atom stereocenters. The Morgan fingerprint density at radius 2 is 2.44 bits per heavy atom. The van der Waals surface area contributed by atoms with Gasteiger partial charge in [-0.3, -0.25) is 4.79 Å². The zero-order chi connectivity index (χ0) is 11.5. The molecule has 0 aliphatic carbocycles. The van der Waals surface area contributed by atoms with Gasteiger partial charge in [-0.1, -0.05) is 6.92 Å². The van der Waals surface area contributed by atoms with Crippen LogP contribution in [0.5, 0.6) is 0 Å². The number of amides is 1. The lowest BCUT2D eigenvalue weighted by Crippen LogP contribution is -2.49. The van der Waals surface area contributed by atoms with Crippen molar-refractivity contribution in [1.82, 2.24) is 10.2 Å². The number of nitrogens with one attached hydrogen (secondary N) is 1. The van der Waals surface area contributed by atoms with Gasteiger partial charge in [0.1, 0.15) is 0 Å². The third-order valence-corrected chi connectivity index (χ3v) is 4.02. The highest BCUT2D eigenvalue weighted by Crippen LogP contribution is 2.19. The lowest BCUT2D eigenvalue weighted by atomic mass is 9.88. The van der Waals surface area contributed by atoms with Crippen molar-refractivity contribution in [3.05, 3.63) is 22.4 Å². The highest BCUT2D eigenvalue weighted by Gasteiger charge is 2.30. The van der Waals surface area contributed by atoms with Crippen molar-refractivity contribution in [1.29, 1.82) is 0 Å². The summed E-state index contributed by atoms with van der Waals surface area (Å²) in [6.07, 6.45) is 0. The summed E-state index contributed by atoms with van der Waals surface area (Å²) in [6, 6.07) is 2.07. The molecule has 4 heteroatoms. The monoisotopic (exact) mass is 238 g/mol. The van der Waals surface area contributed by atoms with Gasteiger partial charge in [-0.25, -0.2) is 0 Å². The predicted molar refractivity (Wildman–Crippen MR) is 66.3 cm³/mol. The van der Waals surface area contributed by atoms with E-state index in [9.17, 15) is 4.79 Å². The lowest BCUT2D eigenvalue weighted by molar-refractivity contribution is -0.136. The molecule has 3 nitrogen and oxygen atoms in total. The van der Waals surface area contributed by atoms with Crippen molar-refractivity contribution in [2.24, 2.45) is 11.8 Å². The Hall–Kier alpha value is -0.870. The molecule has 2 rings (SSSR count). The molecule has 0 bridgehead atoms. The maximum absolute atomic E-state index is 12.1. The molecule has 0 saturated carbocycles. The van der Waals surface area contributed by atoms with E-state index in [1.54, 1.807) is 11.3 Å². The molecule has 1 amide bonds. The Morgan fingerprint density at radius 3 is 2.94 bits per heavy atom. The van der Waals surface area contributed by atoms with Crippen LogP contribution in [0.2, 0.25) is 0 Å². The molecule has 0 spiro atoms. The Labute approximate surface area is 100 Å². The minimum absolute atomic E-state index is 0.143. The number of nitrogens with zero attached hydrogens (tertiary/aromatic N) is 1. The molecular weight excluding hydrogens is 220 g/mol. The van der Waals surface area contributed by atoms with Crippen LogP contribution in [0.25, 0.3) is 0 Å². The highest BCUT2D eigenvalue weighted by molar-refractivity contribution is 7.07. The first-order chi connectivity index (χ1) is 7.68. The minimum Gasteiger partial charge on any atom is -0.341 e. The van der Waals surface area contributed by atoms with Gasteiger partial charge >= 0.3 is 0 Å². The average Bonchev–Trinajstić information content (AvgIpc) is 2.66. The molecule has 1 saturated heterocycles. The van der Waals surface area contributed by atoms with Gasteiger partial charge in [0.15, 0.2) is 0 Å². The smallest absolute Gasteiger partial charge is 0.225 e. The van der Waals surface area contributed by atoms with Crippen LogP contribution in [0, 0.1) is 11.8 Å². The number of hydrogen-bond donors (Lipinski definition) is 1. The van der Waals surface area contributed by atoms with Gasteiger partial charge in [0.2, 0.25) is 5.91 Å². The van der Waals surface area contributed by atoms with Gasteiger partial charge in [0.05, 0.1) is 0 Å². The fraction of sp³-hybridized carbons (Fsp3) is 0.583. The van der Waals surface area contributed by atoms with Crippen LogP contribution in [-0.4, -0.2) is 30.9 Å². The van der Waals surface area contributed by atoms with E-state index in [0.717, 1.165) is 19.6 Å². The van der Waals surface area contributed by atoms with Crippen molar-refractivity contribution in [2.75, 3.05) is 20.1 Å². The van der Waals surface area contributed by atoms with Crippen LogP contribution in [-0.2, 0) is 11.3 Å². The molecule has 2 heterocycles. The zero-order valence-corrected chi connectivity index (χ0v) is 10.6. The van der Waals surface area contributed by atoms with E-state index in [2.05, 4.69) is 16.8 Å². The summed E-state index contributed by atoms with van der Waals surface area (Å²) in [5, 5.41) is 7.36. The van der Waals surface area contributed by atoms with Gasteiger partial charge in [0, 0.05) is 19.5 Å². The lowest BCUT2D eigenvalue weighted by Gasteiger charge is -2.33. The third kappa shape index (κ3) is 2.44. The Balaban J connectivity index is 1.88. The van der Waals surface area contributed by atoms with Gasteiger partial charge in [-0.15, -0.1) is 0 Å². The summed E-state index contributed by atoms with van der Waals surface area (Å²) >= 11 is 1.68. The first-order valence-corrected chi connectivity index (χ1v) is 6.59. The molecule has 1 atom stereocenters. The predicted octanol–water partition coefficient (Wildman–Crippen LogP) is 1.56. The van der Waals surface area contributed by atoms with Crippen LogP contribution in [0.15, 0.2) is 16.8 Å². The SMILES string of the molecule is CC(C(=O)N(C)Cc1ccsc1)C1CNC1. The number of carbonyl (C=O) groups excluding carboxylic acids is 1. The first kappa shape index (κ1) is 11.6. The van der Waals surface area contributed by atoms with E-state index in [1.807, 2.05) is 24.3 Å². The largest absolute Gasteiger partial charge is 0.341 e. The summed E-state index contributed by atoms with van der Waals surface area (Å²) in [5.41, 5.74) is 1.22. The quantitative estimate of drug-likeness (QED) is 0.863. The average molecular weight is 238 g/mol. The fourth-order valence-corrected chi connectivity index (χ4v) is 2.61. The number of thiophene rings is 1. The topological polar surface area (TPSA) is 32.3 Å². The van der Waals surface area contributed by atoms with E-state index in [1.165, 1.54) is 5.56 Å². The Bertz CT molecular complexity index is 346. The van der Waals surface area contributed by atoms with E-state index in [4.69, 9.17) is 0 Å². The van der Waals surface area contributed by atoms with Crippen LogP contribution >= 0.6 is 11.3 Å². The molecule has 88 valence electrons. The molecule has 1 N–H and O–H groups in total. The third-order valence-electron chi connectivity index (χ3n) is 3.29. The van der Waals surface area contributed by atoms with Gasteiger partial charge in [-0.05, 0) is 41.4 Å². The van der Waals surface area contributed by atoms with Crippen LogP contribution in [0.1, 0.15) is 12.5 Å². The molecule has 1 aromatic rings. The van der Waals surface area contributed by atoms with Crippen LogP contribution in [0.3, 0.4) is 0 Å². The first-order valence-electron chi connectivity index (χ1n) is 5.65. The van der Waals surface area contributed by atoms with Gasteiger partial charge in [-0.2, -0.15) is 11.3 Å². The summed E-state index contributed by atoms with van der Waals surface area (Å²) in [7, 11) is 1.89. The van der Waals surface area contributed by atoms with E-state index < -0.39 is 0 Å². The number of rotatable bonds is 4. The summed E-state index contributed by atoms with van der Waals surface area (Å²) < 4.78 is 0. The Kier molecular flexibility index (Phi) is 3.61. The molecule has 16 heavy (non-hydrogen) atoms. The maximum atomic E-state index is 12.1. The second kappa shape index (κ2) is 4.97. The van der Waals surface area contributed by atoms with Crippen molar-refractivity contribution in [3.63, 3.8) is 0 Å². The second-order valence-electron chi connectivity index (χ2n) is 4.53. The fourth-order valence-electron chi connectivity index (χ4n) is 1.95. The Morgan fingerprint density at radius 1 is 1.69 bits per heavy atom. The van der Waals surface area contributed by atoms with Gasteiger partial charge in [0.25, 0.3) is 0 Å². The standard InChI is InChI=1S/C12H18N2OS/c1-9(11-5-13-6-11)12(15)14(2)7-10-3-4-16-8-10/h3-4,8-9,11,13H,5-7H2,1-2H3. The summed E-state index contributed by atoms with van der Waals surface area (Å²) in [4.78, 5) is 13.9. The van der Waals surface area contributed by atoms with E-state index in [0.29, 0.717) is 5.92 Å². The van der Waals surface area contributed by atoms with E-state index >= 15 is 0 Å². The van der Waals surface area contributed by atoms with Crippen molar-refractivity contribution in [2.45, 2.75) is 13.5 Å². The van der Waals surface area contributed by atoms with E-state index in [-0.39, 0.29) is 11.8 Å². The van der Waals surface area contributed by atoms with Crippen LogP contribution < -0.4 is 5.32 Å². The van der Waals surface area contributed by atoms with Gasteiger partial charge < -0.3 is 10.2 Å². The normalized spacial score (nSPS) is 17.9. The molecule has 1 aliphatic heterocycles. The highest BCUT2D eigenvalue weighted by atomic mass is 32.1. The summed E-state index contributed by atoms with van der Waals surface area (Å²) in [5.74, 6) is 0.931. The molecule has 0 aromatic carbocycles. The molecule has 1 aliphatic rings. The van der Waals surface area contributed by atoms with Crippen molar-refractivity contribution < 1.29 is 4.79 Å². The van der Waals surface area contributed by atoms with Crippen molar-refractivity contribution in [3.8, 4) is 0 Å². The molecule has 0 radical (unpaired) electrons. The molecular formula is C12H18N2OS. The second-order valence-corrected chi connectivity index (χ2v) is 5.31. The summed E-state index contributed by atoms with van der Waals surface area (Å²) in [6.45, 7) is 4.74. The zero-order valence-electron chi connectivity index (χ0n) is 9.77. The van der Waals surface area contributed by atoms with Crippen molar-refractivity contribution >= 4 is 17.2 Å². The molecule has 1 aromatic heterocycles. The maximum Gasteiger partial charge on any atom is 0.225 e.